The van der Waals surface area contributed by atoms with E-state index in [1.165, 1.54) is 10.5 Å². The summed E-state index contributed by atoms with van der Waals surface area (Å²) in [7, 11) is 0. The highest BCUT2D eigenvalue weighted by atomic mass is 35.5. The maximum absolute atomic E-state index is 12.5. The molecule has 0 radical (unpaired) electrons. The zero-order valence-corrected chi connectivity index (χ0v) is 14.9. The van der Waals surface area contributed by atoms with E-state index in [1.54, 1.807) is 12.1 Å². The fraction of sp³-hybridized carbons (Fsp3) is 0.333. The van der Waals surface area contributed by atoms with E-state index in [0.717, 1.165) is 38.3 Å². The van der Waals surface area contributed by atoms with Crippen LogP contribution in [-0.4, -0.2) is 42.0 Å². The zero-order valence-electron chi connectivity index (χ0n) is 13.3. The van der Waals surface area contributed by atoms with Gasteiger partial charge in [0.05, 0.1) is 32.6 Å². The number of piperazine rings is 1. The number of rotatable bonds is 4. The summed E-state index contributed by atoms with van der Waals surface area (Å²) in [5.41, 5.74) is 2.12. The molecule has 2 aromatic rings. The first-order chi connectivity index (χ1) is 11.6. The Morgan fingerprint density at radius 3 is 2.50 bits per heavy atom. The third-order valence-corrected chi connectivity index (χ3v) is 4.97. The van der Waals surface area contributed by atoms with Crippen LogP contribution in [0.2, 0.25) is 10.0 Å². The summed E-state index contributed by atoms with van der Waals surface area (Å²) in [5.74, 6) is 0.127. The second-order valence-electron chi connectivity index (χ2n) is 6.08. The van der Waals surface area contributed by atoms with Crippen LogP contribution in [-0.2, 0) is 17.8 Å². The average Bonchev–Trinajstić information content (AvgIpc) is 2.59. The highest BCUT2D eigenvalue weighted by Crippen LogP contribution is 2.21. The molecule has 1 aliphatic heterocycles. The fourth-order valence-corrected chi connectivity index (χ4v) is 3.45. The third kappa shape index (κ3) is 4.47. The lowest BCUT2D eigenvalue weighted by atomic mass is 10.1. The summed E-state index contributed by atoms with van der Waals surface area (Å²) in [6.45, 7) is 4.47. The highest BCUT2D eigenvalue weighted by molar-refractivity contribution is 6.35. The van der Waals surface area contributed by atoms with Gasteiger partial charge in [0.1, 0.15) is 6.54 Å². The van der Waals surface area contributed by atoms with Crippen molar-refractivity contribution < 1.29 is 9.69 Å². The monoisotopic (exact) mass is 364 g/mol. The number of pyridine rings is 1. The van der Waals surface area contributed by atoms with Gasteiger partial charge in [-0.05, 0) is 29.8 Å². The number of hydrogen-bond donors (Lipinski definition) is 1. The Morgan fingerprint density at radius 2 is 1.83 bits per heavy atom. The Morgan fingerprint density at radius 1 is 1.12 bits per heavy atom. The van der Waals surface area contributed by atoms with E-state index in [9.17, 15) is 4.79 Å². The highest BCUT2D eigenvalue weighted by Gasteiger charge is 2.24. The standard InChI is InChI=1S/C18H19Cl2N3O/c19-16-2-1-15(17(20)12-16)11-18(24)23-9-7-22(8-10-23)13-14-3-5-21-6-4-14/h1-6,12H,7-11,13H2/p+1. The summed E-state index contributed by atoms with van der Waals surface area (Å²) >= 11 is 12.1. The lowest BCUT2D eigenvalue weighted by molar-refractivity contribution is -0.917. The summed E-state index contributed by atoms with van der Waals surface area (Å²) < 4.78 is 0. The van der Waals surface area contributed by atoms with Crippen LogP contribution < -0.4 is 4.90 Å². The van der Waals surface area contributed by atoms with Crippen molar-refractivity contribution in [1.29, 1.82) is 0 Å². The Labute approximate surface area is 152 Å². The van der Waals surface area contributed by atoms with Crippen molar-refractivity contribution in [3.8, 4) is 0 Å². The molecule has 1 aromatic heterocycles. The summed E-state index contributed by atoms with van der Waals surface area (Å²) in [5, 5.41) is 1.14. The first-order valence-electron chi connectivity index (χ1n) is 8.06. The maximum atomic E-state index is 12.5. The van der Waals surface area contributed by atoms with Crippen LogP contribution in [0.15, 0.2) is 42.7 Å². The smallest absolute Gasteiger partial charge is 0.227 e. The van der Waals surface area contributed by atoms with Gasteiger partial charge < -0.3 is 9.80 Å². The molecule has 0 atom stereocenters. The van der Waals surface area contributed by atoms with Gasteiger partial charge in [-0.3, -0.25) is 9.78 Å². The van der Waals surface area contributed by atoms with Gasteiger partial charge in [0, 0.05) is 28.0 Å². The van der Waals surface area contributed by atoms with Crippen LogP contribution in [0, 0.1) is 0 Å². The van der Waals surface area contributed by atoms with E-state index < -0.39 is 0 Å². The van der Waals surface area contributed by atoms with E-state index in [1.807, 2.05) is 35.5 Å². The molecule has 4 nitrogen and oxygen atoms in total. The van der Waals surface area contributed by atoms with Crippen LogP contribution in [0.5, 0.6) is 0 Å². The van der Waals surface area contributed by atoms with Gasteiger partial charge in [0.25, 0.3) is 0 Å². The normalized spacial score (nSPS) is 15.5. The van der Waals surface area contributed by atoms with Gasteiger partial charge in [0.15, 0.2) is 0 Å². The molecule has 0 saturated carbocycles. The predicted molar refractivity (Wildman–Crippen MR) is 95.4 cm³/mol. The molecular formula is C18H20Cl2N3O+. The quantitative estimate of drug-likeness (QED) is 0.898. The Hall–Kier alpha value is -1.62. The van der Waals surface area contributed by atoms with Crippen LogP contribution in [0.1, 0.15) is 11.1 Å². The minimum absolute atomic E-state index is 0.127. The number of nitrogens with zero attached hydrogens (tertiary/aromatic N) is 2. The van der Waals surface area contributed by atoms with Crippen molar-refractivity contribution in [3.05, 3.63) is 63.9 Å². The molecule has 1 amide bonds. The zero-order chi connectivity index (χ0) is 16.9. The van der Waals surface area contributed by atoms with Crippen LogP contribution in [0.25, 0.3) is 0 Å². The molecule has 1 aliphatic rings. The number of quaternary nitrogens is 1. The number of carbonyl (C=O) groups excluding carboxylic acids is 1. The largest absolute Gasteiger partial charge is 0.331 e. The van der Waals surface area contributed by atoms with Gasteiger partial charge in [-0.2, -0.15) is 0 Å². The SMILES string of the molecule is O=C(Cc1ccc(Cl)cc1Cl)N1CC[NH+](Cc2ccncc2)CC1. The number of hydrogen-bond acceptors (Lipinski definition) is 2. The van der Waals surface area contributed by atoms with Crippen molar-refractivity contribution in [2.75, 3.05) is 26.2 Å². The van der Waals surface area contributed by atoms with E-state index in [2.05, 4.69) is 4.98 Å². The molecule has 1 saturated heterocycles. The molecule has 1 N–H and O–H groups in total. The van der Waals surface area contributed by atoms with E-state index in [4.69, 9.17) is 23.2 Å². The van der Waals surface area contributed by atoms with Crippen molar-refractivity contribution in [1.82, 2.24) is 9.88 Å². The van der Waals surface area contributed by atoms with Crippen molar-refractivity contribution in [2.24, 2.45) is 0 Å². The Kier molecular flexibility index (Phi) is 5.72. The number of carbonyl (C=O) groups is 1. The van der Waals surface area contributed by atoms with Crippen LogP contribution in [0.3, 0.4) is 0 Å². The second kappa shape index (κ2) is 7.97. The number of benzene rings is 1. The van der Waals surface area contributed by atoms with E-state index >= 15 is 0 Å². The third-order valence-electron chi connectivity index (χ3n) is 4.38. The number of nitrogens with one attached hydrogen (secondary N) is 1. The first-order valence-corrected chi connectivity index (χ1v) is 8.81. The molecule has 6 heteroatoms. The molecule has 2 heterocycles. The van der Waals surface area contributed by atoms with E-state index in [-0.39, 0.29) is 5.91 Å². The van der Waals surface area contributed by atoms with Crippen molar-refractivity contribution in [3.63, 3.8) is 0 Å². The number of halogens is 2. The van der Waals surface area contributed by atoms with Gasteiger partial charge in [-0.1, -0.05) is 29.3 Å². The second-order valence-corrected chi connectivity index (χ2v) is 6.92. The molecule has 126 valence electrons. The minimum atomic E-state index is 0.127. The molecule has 0 bridgehead atoms. The summed E-state index contributed by atoms with van der Waals surface area (Å²) in [6.07, 6.45) is 3.98. The molecule has 0 aliphatic carbocycles. The topological polar surface area (TPSA) is 37.6 Å². The number of aromatic nitrogens is 1. The molecule has 1 aromatic carbocycles. The number of amides is 1. The molecule has 3 rings (SSSR count). The lowest BCUT2D eigenvalue weighted by Gasteiger charge is -2.32. The molecule has 1 fully saturated rings. The van der Waals surface area contributed by atoms with Gasteiger partial charge in [0.2, 0.25) is 5.91 Å². The molecular weight excluding hydrogens is 345 g/mol. The van der Waals surface area contributed by atoms with Crippen LogP contribution >= 0.6 is 23.2 Å². The summed E-state index contributed by atoms with van der Waals surface area (Å²) in [4.78, 5) is 20.0. The average molecular weight is 365 g/mol. The molecule has 0 spiro atoms. The fourth-order valence-electron chi connectivity index (χ4n) is 2.98. The molecule has 0 unspecified atom stereocenters. The molecule has 24 heavy (non-hydrogen) atoms. The first kappa shape index (κ1) is 17.2. The Bertz CT molecular complexity index is 701. The van der Waals surface area contributed by atoms with Crippen LogP contribution in [0.4, 0.5) is 0 Å². The van der Waals surface area contributed by atoms with Gasteiger partial charge in [-0.25, -0.2) is 0 Å². The summed E-state index contributed by atoms with van der Waals surface area (Å²) in [6, 6.07) is 9.38. The van der Waals surface area contributed by atoms with Gasteiger partial charge >= 0.3 is 0 Å². The minimum Gasteiger partial charge on any atom is -0.331 e. The predicted octanol–water partition coefficient (Wildman–Crippen LogP) is 1.86. The van der Waals surface area contributed by atoms with E-state index in [0.29, 0.717) is 16.5 Å². The maximum Gasteiger partial charge on any atom is 0.227 e. The van der Waals surface area contributed by atoms with Crippen molar-refractivity contribution >= 4 is 29.1 Å². The Balaban J connectivity index is 1.51. The lowest BCUT2D eigenvalue weighted by Crippen LogP contribution is -3.13. The van der Waals surface area contributed by atoms with Gasteiger partial charge in [-0.15, -0.1) is 0 Å². The van der Waals surface area contributed by atoms with Crippen molar-refractivity contribution in [2.45, 2.75) is 13.0 Å².